The minimum Gasteiger partial charge on any atom is -0.301 e. The molecule has 0 bridgehead atoms. The minimum absolute atomic E-state index is 0.938. The Labute approximate surface area is 50.8 Å². The van der Waals surface area contributed by atoms with E-state index in [9.17, 15) is 0 Å². The number of unbranched alkanes of at least 4 members (excludes halogenated alkanes) is 1. The summed E-state index contributed by atoms with van der Waals surface area (Å²) in [6, 6.07) is 0. The van der Waals surface area contributed by atoms with E-state index in [0.29, 0.717) is 0 Å². The number of hydrogen-bond acceptors (Lipinski definition) is 1. The highest BCUT2D eigenvalue weighted by Crippen LogP contribution is 1.79. The number of nitrogens with zero attached hydrogens (tertiary/aromatic N) is 1. The van der Waals surface area contributed by atoms with Gasteiger partial charge in [0.1, 0.15) is 0 Å². The first-order chi connectivity index (χ1) is 3.91. The van der Waals surface area contributed by atoms with Crippen molar-refractivity contribution in [2.45, 2.75) is 19.8 Å². The highest BCUT2D eigenvalue weighted by atomic mass is 14.6. The number of aliphatic imine (C=N–C) groups is 1. The molecule has 0 N–H and O–H groups in total. The van der Waals surface area contributed by atoms with Gasteiger partial charge in [-0.25, -0.2) is 0 Å². The molecule has 0 aliphatic carbocycles. The predicted molar refractivity (Wildman–Crippen MR) is 37.1 cm³/mol. The molecule has 0 aromatic carbocycles. The van der Waals surface area contributed by atoms with Gasteiger partial charge in [0.05, 0.1) is 0 Å². The van der Waals surface area contributed by atoms with E-state index in [2.05, 4.69) is 16.8 Å². The average Bonchev–Trinajstić information content (AvgIpc) is 1.81. The highest BCUT2D eigenvalue weighted by Gasteiger charge is 1.70. The molecule has 0 saturated carbocycles. The van der Waals surface area contributed by atoms with Crippen molar-refractivity contribution in [2.24, 2.45) is 4.99 Å². The van der Waals surface area contributed by atoms with Crippen LogP contribution in [-0.2, 0) is 0 Å². The lowest BCUT2D eigenvalue weighted by Crippen LogP contribution is -1.71. The molecule has 0 rings (SSSR count). The molecule has 0 aromatic heterocycles. The summed E-state index contributed by atoms with van der Waals surface area (Å²) in [7, 11) is 1.78. The van der Waals surface area contributed by atoms with Crippen LogP contribution in [0.4, 0.5) is 0 Å². The smallest absolute Gasteiger partial charge is 0.0273 e. The van der Waals surface area contributed by atoms with Crippen molar-refractivity contribution in [3.8, 4) is 11.8 Å². The first kappa shape index (κ1) is 7.23. The van der Waals surface area contributed by atoms with Gasteiger partial charge in [0.2, 0.25) is 0 Å². The summed E-state index contributed by atoms with van der Waals surface area (Å²) in [6.45, 7) is 1.85. The van der Waals surface area contributed by atoms with Crippen LogP contribution in [0.1, 0.15) is 19.8 Å². The van der Waals surface area contributed by atoms with Crippen LogP contribution in [0.3, 0.4) is 0 Å². The molecule has 0 fully saturated rings. The molecule has 44 valence electrons. The molecule has 0 spiro atoms. The van der Waals surface area contributed by atoms with Crippen LogP contribution in [0, 0.1) is 11.8 Å². The summed E-state index contributed by atoms with van der Waals surface area (Å²) in [4.78, 5) is 3.81. The summed E-state index contributed by atoms with van der Waals surface area (Å²) < 4.78 is 0. The van der Waals surface area contributed by atoms with E-state index in [1.165, 1.54) is 0 Å². The van der Waals surface area contributed by atoms with Crippen LogP contribution in [0.5, 0.6) is 0 Å². The van der Waals surface area contributed by atoms with Gasteiger partial charge >= 0.3 is 0 Å². The summed E-state index contributed by atoms with van der Waals surface area (Å²) >= 11 is 0. The largest absolute Gasteiger partial charge is 0.301 e. The highest BCUT2D eigenvalue weighted by molar-refractivity contribution is 5.57. The van der Waals surface area contributed by atoms with E-state index < -0.39 is 0 Å². The lowest BCUT2D eigenvalue weighted by atomic mass is 10.3. The Bertz CT molecular complexity index is 114. The quantitative estimate of drug-likeness (QED) is 0.289. The molecule has 0 aliphatic rings. The zero-order chi connectivity index (χ0) is 6.24. The van der Waals surface area contributed by atoms with Crippen molar-refractivity contribution in [3.05, 3.63) is 0 Å². The Kier molecular flexibility index (Phi) is 5.63. The van der Waals surface area contributed by atoms with E-state index >= 15 is 0 Å². The first-order valence-corrected chi connectivity index (χ1v) is 2.72. The van der Waals surface area contributed by atoms with E-state index in [-0.39, 0.29) is 0 Å². The fraction of sp³-hybridized carbons (Fsp3) is 0.571. The van der Waals surface area contributed by atoms with Gasteiger partial charge < -0.3 is 4.99 Å². The fourth-order valence-corrected chi connectivity index (χ4v) is 0.391. The van der Waals surface area contributed by atoms with Crippen LogP contribution in [0.25, 0.3) is 0 Å². The molecule has 0 aromatic rings. The lowest BCUT2D eigenvalue weighted by Gasteiger charge is -1.77. The number of hydrogen-bond donors (Lipinski definition) is 0. The molecular weight excluding hydrogens is 98.1 g/mol. The van der Waals surface area contributed by atoms with Crippen LogP contribution in [0.2, 0.25) is 0 Å². The van der Waals surface area contributed by atoms with Gasteiger partial charge in [-0.05, 0) is 19.6 Å². The maximum Gasteiger partial charge on any atom is 0.0273 e. The second kappa shape index (κ2) is 6.23. The van der Waals surface area contributed by atoms with Gasteiger partial charge in [-0.15, -0.1) is 11.8 Å². The molecular formula is C7H11N. The lowest BCUT2D eigenvalue weighted by molar-refractivity contribution is 1.15. The Morgan fingerprint density at radius 1 is 1.62 bits per heavy atom. The maximum atomic E-state index is 3.81. The summed E-state index contributed by atoms with van der Waals surface area (Å²) in [6.07, 6.45) is 3.80. The van der Waals surface area contributed by atoms with Crippen molar-refractivity contribution < 1.29 is 0 Å². The normalized spacial score (nSPS) is 8.75. The SMILES string of the molecule is CC#CCCC=NC. The van der Waals surface area contributed by atoms with Crippen molar-refractivity contribution >= 4 is 6.21 Å². The van der Waals surface area contributed by atoms with Crippen molar-refractivity contribution in [2.75, 3.05) is 7.05 Å². The molecule has 0 saturated heterocycles. The van der Waals surface area contributed by atoms with Crippen LogP contribution >= 0.6 is 0 Å². The van der Waals surface area contributed by atoms with E-state index in [1.807, 2.05) is 13.1 Å². The van der Waals surface area contributed by atoms with Crippen molar-refractivity contribution in [1.82, 2.24) is 0 Å². The molecule has 0 unspecified atom stereocenters. The van der Waals surface area contributed by atoms with Crippen LogP contribution in [-0.4, -0.2) is 13.3 Å². The Balaban J connectivity index is 3.01. The summed E-state index contributed by atoms with van der Waals surface area (Å²) in [5.41, 5.74) is 0. The Morgan fingerprint density at radius 2 is 2.38 bits per heavy atom. The number of rotatable bonds is 2. The van der Waals surface area contributed by atoms with E-state index in [4.69, 9.17) is 0 Å². The van der Waals surface area contributed by atoms with Crippen LogP contribution in [0.15, 0.2) is 4.99 Å². The third-order valence-corrected chi connectivity index (χ3v) is 0.758. The van der Waals surface area contributed by atoms with Gasteiger partial charge in [-0.2, -0.15) is 0 Å². The van der Waals surface area contributed by atoms with Crippen molar-refractivity contribution in [1.29, 1.82) is 0 Å². The Morgan fingerprint density at radius 3 is 2.88 bits per heavy atom. The topological polar surface area (TPSA) is 12.4 Å². The molecule has 1 nitrogen and oxygen atoms in total. The monoisotopic (exact) mass is 109 g/mol. The van der Waals surface area contributed by atoms with E-state index in [0.717, 1.165) is 12.8 Å². The maximum absolute atomic E-state index is 3.81. The molecule has 0 amide bonds. The van der Waals surface area contributed by atoms with Crippen LogP contribution < -0.4 is 0 Å². The summed E-state index contributed by atoms with van der Waals surface area (Å²) in [5, 5.41) is 0. The second-order valence-corrected chi connectivity index (χ2v) is 1.41. The van der Waals surface area contributed by atoms with Gasteiger partial charge in [-0.1, -0.05) is 0 Å². The third kappa shape index (κ3) is 5.23. The van der Waals surface area contributed by atoms with Gasteiger partial charge in [0.15, 0.2) is 0 Å². The average molecular weight is 109 g/mol. The summed E-state index contributed by atoms with van der Waals surface area (Å²) in [5.74, 6) is 5.76. The minimum atomic E-state index is 0.938. The van der Waals surface area contributed by atoms with Gasteiger partial charge in [-0.3, -0.25) is 0 Å². The standard InChI is InChI=1S/C7H11N/c1-3-4-5-6-7-8-2/h7H,5-6H2,1-2H3. The predicted octanol–water partition coefficient (Wildman–Crippen LogP) is 1.49. The molecule has 0 aliphatic heterocycles. The first-order valence-electron chi connectivity index (χ1n) is 2.72. The van der Waals surface area contributed by atoms with Gasteiger partial charge in [0.25, 0.3) is 0 Å². The van der Waals surface area contributed by atoms with Crippen molar-refractivity contribution in [3.63, 3.8) is 0 Å². The fourth-order valence-electron chi connectivity index (χ4n) is 0.391. The zero-order valence-corrected chi connectivity index (χ0v) is 5.44. The van der Waals surface area contributed by atoms with Gasteiger partial charge in [0, 0.05) is 13.5 Å². The molecule has 8 heavy (non-hydrogen) atoms. The molecule has 0 atom stereocenters. The van der Waals surface area contributed by atoms with E-state index in [1.54, 1.807) is 7.05 Å². The Hall–Kier alpha value is -0.770. The second-order valence-electron chi connectivity index (χ2n) is 1.41. The molecule has 0 radical (unpaired) electrons. The molecule has 0 heterocycles. The third-order valence-electron chi connectivity index (χ3n) is 0.758. The molecule has 1 heteroatoms. The zero-order valence-electron chi connectivity index (χ0n) is 5.44.